The van der Waals surface area contributed by atoms with E-state index in [0.29, 0.717) is 11.1 Å². The quantitative estimate of drug-likeness (QED) is 0.427. The van der Waals surface area contributed by atoms with Crippen molar-refractivity contribution >= 4 is 16.8 Å². The van der Waals surface area contributed by atoms with Gasteiger partial charge in [0.1, 0.15) is 17.8 Å². The Labute approximate surface area is 178 Å². The van der Waals surface area contributed by atoms with Crippen molar-refractivity contribution in [3.63, 3.8) is 0 Å². The van der Waals surface area contributed by atoms with E-state index in [4.69, 9.17) is 4.74 Å². The highest BCUT2D eigenvalue weighted by Gasteiger charge is 2.17. The smallest absolute Gasteiger partial charge is 0.287 e. The molecule has 1 amide bonds. The second-order valence-corrected chi connectivity index (χ2v) is 6.84. The second-order valence-electron chi connectivity index (χ2n) is 6.84. The summed E-state index contributed by atoms with van der Waals surface area (Å²) in [5.74, 6) is -2.48. The van der Waals surface area contributed by atoms with Gasteiger partial charge in [0.2, 0.25) is 5.56 Å². The van der Waals surface area contributed by atoms with Gasteiger partial charge in [-0.25, -0.2) is 13.8 Å². The van der Waals surface area contributed by atoms with Crippen molar-refractivity contribution in [2.24, 2.45) is 0 Å². The van der Waals surface area contributed by atoms with Gasteiger partial charge in [-0.2, -0.15) is 0 Å². The number of benzene rings is 2. The van der Waals surface area contributed by atoms with Crippen molar-refractivity contribution in [3.05, 3.63) is 104 Å². The number of nitrogens with zero attached hydrogens (tertiary/aromatic N) is 1. The molecule has 4 aromatic rings. The average molecular weight is 438 g/mol. The lowest BCUT2D eigenvalue weighted by Gasteiger charge is -2.11. The van der Waals surface area contributed by atoms with Gasteiger partial charge < -0.3 is 20.0 Å². The molecule has 0 aliphatic carbocycles. The topological polar surface area (TPSA) is 117 Å². The number of pyridine rings is 1. The molecule has 4 rings (SSSR count). The summed E-state index contributed by atoms with van der Waals surface area (Å²) in [6.45, 7) is -0.0614. The summed E-state index contributed by atoms with van der Waals surface area (Å²) in [5, 5.41) is 2.40. The van der Waals surface area contributed by atoms with Gasteiger partial charge in [-0.05, 0) is 41.5 Å². The Morgan fingerprint density at radius 2 is 1.81 bits per heavy atom. The van der Waals surface area contributed by atoms with Crippen molar-refractivity contribution in [2.45, 2.75) is 13.2 Å². The van der Waals surface area contributed by atoms with E-state index in [-0.39, 0.29) is 41.2 Å². The molecular weight excluding hydrogens is 422 g/mol. The average Bonchev–Trinajstić information content (AvgIpc) is 2.78. The predicted molar refractivity (Wildman–Crippen MR) is 111 cm³/mol. The van der Waals surface area contributed by atoms with Gasteiger partial charge in [0.25, 0.3) is 11.5 Å². The van der Waals surface area contributed by atoms with Gasteiger partial charge in [-0.3, -0.25) is 14.4 Å². The number of halogens is 2. The maximum absolute atomic E-state index is 14.4. The van der Waals surface area contributed by atoms with Gasteiger partial charge in [-0.1, -0.05) is 12.1 Å². The minimum Gasteiger partial charge on any atom is -0.485 e. The molecule has 3 N–H and O–H groups in total. The number of carbonyl (C=O) groups is 1. The number of aromatic amines is 2. The van der Waals surface area contributed by atoms with Crippen LogP contribution < -0.4 is 21.2 Å². The van der Waals surface area contributed by atoms with Crippen LogP contribution in [0.3, 0.4) is 0 Å². The number of hydrogen-bond donors (Lipinski definition) is 3. The molecule has 0 saturated carbocycles. The fraction of sp³-hybridized carbons (Fsp3) is 0.0909. The number of rotatable bonds is 6. The highest BCUT2D eigenvalue weighted by molar-refractivity contribution is 5.93. The maximum Gasteiger partial charge on any atom is 0.287 e. The maximum atomic E-state index is 14.4. The number of fused-ring (bicyclic) bond motifs is 1. The van der Waals surface area contributed by atoms with Gasteiger partial charge in [0, 0.05) is 18.8 Å². The van der Waals surface area contributed by atoms with Gasteiger partial charge in [0.15, 0.2) is 17.4 Å². The minimum atomic E-state index is -0.779. The fourth-order valence-corrected chi connectivity index (χ4v) is 3.03. The fourth-order valence-electron chi connectivity index (χ4n) is 3.03. The first-order valence-electron chi connectivity index (χ1n) is 9.46. The van der Waals surface area contributed by atoms with Gasteiger partial charge >= 0.3 is 0 Å². The molecule has 0 aliphatic rings. The first-order valence-corrected chi connectivity index (χ1v) is 9.46. The number of amides is 1. The van der Waals surface area contributed by atoms with Crippen molar-refractivity contribution in [1.29, 1.82) is 0 Å². The predicted octanol–water partition coefficient (Wildman–Crippen LogP) is 2.40. The van der Waals surface area contributed by atoms with Crippen LogP contribution in [0.2, 0.25) is 0 Å². The number of hydrogen-bond acceptors (Lipinski definition) is 5. The molecule has 2 aromatic heterocycles. The van der Waals surface area contributed by atoms with E-state index in [9.17, 15) is 23.2 Å². The number of aromatic nitrogens is 3. The van der Waals surface area contributed by atoms with Crippen molar-refractivity contribution in [1.82, 2.24) is 20.3 Å². The van der Waals surface area contributed by atoms with Crippen LogP contribution in [0.5, 0.6) is 5.75 Å². The summed E-state index contributed by atoms with van der Waals surface area (Å²) in [4.78, 5) is 45.3. The third kappa shape index (κ3) is 4.53. The van der Waals surface area contributed by atoms with Crippen LogP contribution >= 0.6 is 0 Å². The van der Waals surface area contributed by atoms with Crippen molar-refractivity contribution < 1.29 is 18.3 Å². The molecule has 0 aliphatic heterocycles. The summed E-state index contributed by atoms with van der Waals surface area (Å²) in [6.07, 6.45) is 1.45. The lowest BCUT2D eigenvalue weighted by atomic mass is 10.2. The summed E-state index contributed by atoms with van der Waals surface area (Å²) in [7, 11) is 0. The Morgan fingerprint density at radius 3 is 2.56 bits per heavy atom. The molecule has 8 nitrogen and oxygen atoms in total. The van der Waals surface area contributed by atoms with Gasteiger partial charge in [-0.15, -0.1) is 0 Å². The van der Waals surface area contributed by atoms with Crippen molar-refractivity contribution in [2.75, 3.05) is 0 Å². The van der Waals surface area contributed by atoms with E-state index in [1.54, 1.807) is 6.07 Å². The largest absolute Gasteiger partial charge is 0.485 e. The third-order valence-electron chi connectivity index (χ3n) is 4.58. The molecule has 2 heterocycles. The minimum absolute atomic E-state index is 0.0416. The van der Waals surface area contributed by atoms with E-state index >= 15 is 0 Å². The van der Waals surface area contributed by atoms with E-state index in [1.807, 2.05) is 0 Å². The standard InChI is InChI=1S/C22H16F2N4O4/c23-14-3-1-12(2-4-14)11-32-19-15(24)5-6-16-18(19)21(30)28-20(27-16)22(31)26-10-13-7-8-25-17(29)9-13/h1-9H,10-11H2,(H,25,29)(H,26,31)(H,27,28,30). The zero-order valence-corrected chi connectivity index (χ0v) is 16.4. The number of carbonyl (C=O) groups excluding carboxylic acids is 1. The highest BCUT2D eigenvalue weighted by atomic mass is 19.1. The molecular formula is C22H16F2N4O4. The zero-order valence-electron chi connectivity index (χ0n) is 16.4. The van der Waals surface area contributed by atoms with E-state index < -0.39 is 23.1 Å². The van der Waals surface area contributed by atoms with Crippen LogP contribution in [0, 0.1) is 11.6 Å². The molecule has 0 saturated heterocycles. The van der Waals surface area contributed by atoms with Crippen LogP contribution in [0.15, 0.2) is 64.3 Å². The van der Waals surface area contributed by atoms with Crippen LogP contribution in [-0.2, 0) is 13.2 Å². The lowest BCUT2D eigenvalue weighted by molar-refractivity contribution is 0.0940. The Balaban J connectivity index is 1.58. The monoisotopic (exact) mass is 438 g/mol. The lowest BCUT2D eigenvalue weighted by Crippen LogP contribution is -2.28. The molecule has 0 bridgehead atoms. The normalized spacial score (nSPS) is 10.8. The number of ether oxygens (including phenoxy) is 1. The summed E-state index contributed by atoms with van der Waals surface area (Å²) < 4.78 is 32.9. The third-order valence-corrected chi connectivity index (χ3v) is 4.58. The molecule has 0 radical (unpaired) electrons. The number of nitrogens with one attached hydrogen (secondary N) is 3. The van der Waals surface area contributed by atoms with Gasteiger partial charge in [0.05, 0.1) is 5.52 Å². The molecule has 0 atom stereocenters. The molecule has 0 unspecified atom stereocenters. The Morgan fingerprint density at radius 1 is 1.03 bits per heavy atom. The Bertz CT molecular complexity index is 1410. The molecule has 162 valence electrons. The van der Waals surface area contributed by atoms with Crippen molar-refractivity contribution in [3.8, 4) is 5.75 Å². The first kappa shape index (κ1) is 20.9. The summed E-state index contributed by atoms with van der Waals surface area (Å²) >= 11 is 0. The zero-order chi connectivity index (χ0) is 22.7. The van der Waals surface area contributed by atoms with E-state index in [2.05, 4.69) is 20.3 Å². The van der Waals surface area contributed by atoms with E-state index in [0.717, 1.165) is 6.07 Å². The number of H-pyrrole nitrogens is 2. The second kappa shape index (κ2) is 8.80. The molecule has 32 heavy (non-hydrogen) atoms. The van der Waals surface area contributed by atoms with Crippen LogP contribution in [0.4, 0.5) is 8.78 Å². The first-order chi connectivity index (χ1) is 15.4. The van der Waals surface area contributed by atoms with Crippen LogP contribution in [-0.4, -0.2) is 20.9 Å². The van der Waals surface area contributed by atoms with E-state index in [1.165, 1.54) is 42.6 Å². The Kier molecular flexibility index (Phi) is 5.75. The summed E-state index contributed by atoms with van der Waals surface area (Å²) in [6, 6.07) is 10.7. The molecule has 0 fully saturated rings. The van der Waals surface area contributed by atoms with Crippen LogP contribution in [0.25, 0.3) is 10.9 Å². The van der Waals surface area contributed by atoms with Crippen LogP contribution in [0.1, 0.15) is 21.7 Å². The summed E-state index contributed by atoms with van der Waals surface area (Å²) in [5.41, 5.74) is 0.117. The molecule has 10 heteroatoms. The Hall–Kier alpha value is -4.34. The highest BCUT2D eigenvalue weighted by Crippen LogP contribution is 2.26. The SMILES string of the molecule is O=C(NCc1cc[nH]c(=O)c1)c1nc2ccc(F)c(OCc3ccc(F)cc3)c2c(=O)[nH]1. The molecule has 0 spiro atoms. The molecule has 2 aromatic carbocycles.